The number of nitrogens with one attached hydrogen (secondary N) is 1. The van der Waals surface area contributed by atoms with Crippen molar-refractivity contribution >= 4 is 35.0 Å². The zero-order valence-electron chi connectivity index (χ0n) is 8.69. The lowest BCUT2D eigenvalue weighted by Gasteiger charge is -2.02. The Morgan fingerprint density at radius 2 is 2.20 bits per heavy atom. The number of aromatic amines is 1. The molecule has 0 aliphatic carbocycles. The van der Waals surface area contributed by atoms with Crippen LogP contribution in [0.15, 0.2) is 24.3 Å². The number of aromatic nitrogens is 2. The van der Waals surface area contributed by atoms with Crippen LogP contribution >= 0.6 is 24.0 Å². The van der Waals surface area contributed by atoms with E-state index in [-0.39, 0.29) is 0 Å². The first-order chi connectivity index (χ1) is 7.33. The number of nitrogens with zero attached hydrogens (tertiary/aromatic N) is 1. The van der Waals surface area contributed by atoms with Gasteiger partial charge in [-0.25, -0.2) is 0 Å². The van der Waals surface area contributed by atoms with Gasteiger partial charge in [0.15, 0.2) is 4.77 Å². The Morgan fingerprint density at radius 1 is 1.40 bits per heavy atom. The standard InChI is InChI=1S/C11H14N2S2/c1-15-8-4-7-13-10-6-3-2-5-9(10)12-11(13)14/h2-3,5-6H,4,7-8H2,1H3,(H,12,14). The second kappa shape index (κ2) is 4.86. The Morgan fingerprint density at radius 3 is 3.00 bits per heavy atom. The number of rotatable bonds is 4. The van der Waals surface area contributed by atoms with E-state index in [0.29, 0.717) is 0 Å². The predicted octanol–water partition coefficient (Wildman–Crippen LogP) is 3.45. The topological polar surface area (TPSA) is 20.7 Å². The Labute approximate surface area is 98.7 Å². The summed E-state index contributed by atoms with van der Waals surface area (Å²) in [5, 5.41) is 0. The van der Waals surface area contributed by atoms with Crippen LogP contribution in [-0.2, 0) is 6.54 Å². The third-order valence-corrected chi connectivity index (χ3v) is 3.43. The van der Waals surface area contributed by atoms with Gasteiger partial charge in [0.25, 0.3) is 0 Å². The number of H-pyrrole nitrogens is 1. The monoisotopic (exact) mass is 238 g/mol. The molecule has 0 saturated carbocycles. The van der Waals surface area contributed by atoms with Crippen LogP contribution in [0.5, 0.6) is 0 Å². The highest BCUT2D eigenvalue weighted by molar-refractivity contribution is 7.98. The summed E-state index contributed by atoms with van der Waals surface area (Å²) in [4.78, 5) is 3.22. The van der Waals surface area contributed by atoms with Crippen molar-refractivity contribution < 1.29 is 0 Å². The van der Waals surface area contributed by atoms with Crippen LogP contribution in [0.4, 0.5) is 0 Å². The Hall–Kier alpha value is -0.740. The average Bonchev–Trinajstić information content (AvgIpc) is 2.56. The number of imidazole rings is 1. The number of benzene rings is 1. The van der Waals surface area contributed by atoms with E-state index in [0.717, 1.165) is 23.3 Å². The van der Waals surface area contributed by atoms with E-state index in [1.165, 1.54) is 11.3 Å². The lowest BCUT2D eigenvalue weighted by molar-refractivity contribution is 0.694. The summed E-state index contributed by atoms with van der Waals surface area (Å²) in [6.07, 6.45) is 3.30. The minimum Gasteiger partial charge on any atom is -0.331 e. The number of fused-ring (bicyclic) bond motifs is 1. The van der Waals surface area contributed by atoms with Gasteiger partial charge in [-0.1, -0.05) is 12.1 Å². The van der Waals surface area contributed by atoms with Crippen molar-refractivity contribution in [3.63, 3.8) is 0 Å². The fourth-order valence-electron chi connectivity index (χ4n) is 1.70. The van der Waals surface area contributed by atoms with Crippen LogP contribution < -0.4 is 0 Å². The summed E-state index contributed by atoms with van der Waals surface area (Å²) >= 11 is 7.18. The molecule has 0 unspecified atom stereocenters. The van der Waals surface area contributed by atoms with E-state index in [1.54, 1.807) is 0 Å². The van der Waals surface area contributed by atoms with Crippen LogP contribution in [0.25, 0.3) is 11.0 Å². The number of hydrogen-bond donors (Lipinski definition) is 1. The molecule has 0 amide bonds. The lowest BCUT2D eigenvalue weighted by atomic mass is 10.3. The van der Waals surface area contributed by atoms with E-state index in [2.05, 4.69) is 34.0 Å². The summed E-state index contributed by atoms with van der Waals surface area (Å²) in [6, 6.07) is 8.26. The van der Waals surface area contributed by atoms with Crippen molar-refractivity contribution in [1.29, 1.82) is 0 Å². The van der Waals surface area contributed by atoms with Crippen molar-refractivity contribution in [2.45, 2.75) is 13.0 Å². The van der Waals surface area contributed by atoms with Crippen molar-refractivity contribution in [1.82, 2.24) is 9.55 Å². The van der Waals surface area contributed by atoms with Gasteiger partial charge in [-0.3, -0.25) is 0 Å². The second-order valence-electron chi connectivity index (χ2n) is 3.45. The first kappa shape index (κ1) is 10.8. The molecule has 2 aromatic rings. The minimum absolute atomic E-state index is 0.831. The van der Waals surface area contributed by atoms with Crippen molar-refractivity contribution in [3.05, 3.63) is 29.0 Å². The molecule has 15 heavy (non-hydrogen) atoms. The summed E-state index contributed by atoms with van der Waals surface area (Å²) in [7, 11) is 0. The van der Waals surface area contributed by atoms with Gasteiger partial charge in [-0.15, -0.1) is 0 Å². The Kier molecular flexibility index (Phi) is 3.49. The van der Waals surface area contributed by atoms with E-state index in [1.807, 2.05) is 17.8 Å². The summed E-state index contributed by atoms with van der Waals surface area (Å²) in [5.41, 5.74) is 2.34. The smallest absolute Gasteiger partial charge is 0.178 e. The molecule has 0 atom stereocenters. The maximum atomic E-state index is 5.30. The molecule has 0 fully saturated rings. The quantitative estimate of drug-likeness (QED) is 0.650. The Balaban J connectivity index is 2.33. The Bertz CT molecular complexity index is 499. The van der Waals surface area contributed by atoms with Crippen molar-refractivity contribution in [2.24, 2.45) is 0 Å². The van der Waals surface area contributed by atoms with E-state index in [9.17, 15) is 0 Å². The van der Waals surface area contributed by atoms with E-state index < -0.39 is 0 Å². The van der Waals surface area contributed by atoms with Gasteiger partial charge in [0, 0.05) is 6.54 Å². The van der Waals surface area contributed by atoms with Crippen molar-refractivity contribution in [3.8, 4) is 0 Å². The highest BCUT2D eigenvalue weighted by Gasteiger charge is 2.02. The van der Waals surface area contributed by atoms with Crippen LogP contribution in [0.3, 0.4) is 0 Å². The molecular weight excluding hydrogens is 224 g/mol. The normalized spacial score (nSPS) is 11.0. The maximum Gasteiger partial charge on any atom is 0.178 e. The van der Waals surface area contributed by atoms with Gasteiger partial charge in [-0.05, 0) is 42.8 Å². The molecule has 4 heteroatoms. The third kappa shape index (κ3) is 2.26. The van der Waals surface area contributed by atoms with Gasteiger partial charge < -0.3 is 9.55 Å². The fraction of sp³-hybridized carbons (Fsp3) is 0.364. The molecule has 2 rings (SSSR count). The summed E-state index contributed by atoms with van der Waals surface area (Å²) < 4.78 is 3.01. The molecule has 0 bridgehead atoms. The van der Waals surface area contributed by atoms with Gasteiger partial charge in [0.05, 0.1) is 11.0 Å². The number of para-hydroxylation sites is 2. The number of thioether (sulfide) groups is 1. The average molecular weight is 238 g/mol. The molecule has 1 aromatic heterocycles. The summed E-state index contributed by atoms with van der Waals surface area (Å²) in [5.74, 6) is 1.18. The van der Waals surface area contributed by atoms with Crippen LogP contribution in [0.1, 0.15) is 6.42 Å². The van der Waals surface area contributed by atoms with Gasteiger partial charge in [-0.2, -0.15) is 11.8 Å². The predicted molar refractivity (Wildman–Crippen MR) is 70.1 cm³/mol. The summed E-state index contributed by atoms with van der Waals surface area (Å²) in [6.45, 7) is 1.00. The fourth-order valence-corrected chi connectivity index (χ4v) is 2.41. The molecule has 0 aliphatic heterocycles. The first-order valence-electron chi connectivity index (χ1n) is 4.99. The number of aryl methyl sites for hydroxylation is 1. The van der Waals surface area contributed by atoms with E-state index >= 15 is 0 Å². The molecule has 0 saturated heterocycles. The lowest BCUT2D eigenvalue weighted by Crippen LogP contribution is -1.98. The highest BCUT2D eigenvalue weighted by Crippen LogP contribution is 2.14. The molecule has 0 radical (unpaired) electrons. The molecule has 80 valence electrons. The first-order valence-corrected chi connectivity index (χ1v) is 6.79. The zero-order chi connectivity index (χ0) is 10.7. The molecular formula is C11H14N2S2. The third-order valence-electron chi connectivity index (χ3n) is 2.41. The highest BCUT2D eigenvalue weighted by atomic mass is 32.2. The van der Waals surface area contributed by atoms with Crippen LogP contribution in [0, 0.1) is 4.77 Å². The molecule has 1 heterocycles. The van der Waals surface area contributed by atoms with Crippen LogP contribution in [-0.4, -0.2) is 21.6 Å². The minimum atomic E-state index is 0.831. The van der Waals surface area contributed by atoms with Crippen LogP contribution in [0.2, 0.25) is 0 Å². The SMILES string of the molecule is CSCCCn1c(=S)[nH]c2ccccc21. The molecule has 1 N–H and O–H groups in total. The van der Waals surface area contributed by atoms with Crippen molar-refractivity contribution in [2.75, 3.05) is 12.0 Å². The molecule has 2 nitrogen and oxygen atoms in total. The van der Waals surface area contributed by atoms with E-state index in [4.69, 9.17) is 12.2 Å². The molecule has 0 aliphatic rings. The van der Waals surface area contributed by atoms with Gasteiger partial charge in [0.1, 0.15) is 0 Å². The second-order valence-corrected chi connectivity index (χ2v) is 4.82. The number of hydrogen-bond acceptors (Lipinski definition) is 2. The van der Waals surface area contributed by atoms with Gasteiger partial charge >= 0.3 is 0 Å². The molecule has 1 aromatic carbocycles. The largest absolute Gasteiger partial charge is 0.331 e. The van der Waals surface area contributed by atoms with Gasteiger partial charge in [0.2, 0.25) is 0 Å². The zero-order valence-corrected chi connectivity index (χ0v) is 10.3. The molecule has 0 spiro atoms. The maximum absolute atomic E-state index is 5.30.